The first kappa shape index (κ1) is 17.0. The maximum Gasteiger partial charge on any atom is 0.239 e. The van der Waals surface area contributed by atoms with Crippen molar-refractivity contribution in [1.29, 1.82) is 0 Å². The van der Waals surface area contributed by atoms with E-state index in [0.717, 1.165) is 44.8 Å². The number of hydrogen-bond donors (Lipinski definition) is 1. The SMILES string of the molecule is NC(=O)[C@@H](c1ccc(Cl)cc1)N1CCN(CCn2ccnc2)CC1. The molecule has 1 atom stereocenters. The van der Waals surface area contributed by atoms with Gasteiger partial charge in [0.2, 0.25) is 5.91 Å². The Hall–Kier alpha value is -1.89. The van der Waals surface area contributed by atoms with E-state index in [0.29, 0.717) is 5.02 Å². The van der Waals surface area contributed by atoms with Crippen LogP contribution in [0.3, 0.4) is 0 Å². The first-order valence-electron chi connectivity index (χ1n) is 8.10. The fraction of sp³-hybridized carbons (Fsp3) is 0.412. The smallest absolute Gasteiger partial charge is 0.239 e. The van der Waals surface area contributed by atoms with Gasteiger partial charge < -0.3 is 10.3 Å². The highest BCUT2D eigenvalue weighted by atomic mass is 35.5. The van der Waals surface area contributed by atoms with Gasteiger partial charge in [0.15, 0.2) is 0 Å². The molecule has 0 radical (unpaired) electrons. The summed E-state index contributed by atoms with van der Waals surface area (Å²) in [6, 6.07) is 6.97. The zero-order chi connectivity index (χ0) is 16.9. The van der Waals surface area contributed by atoms with Crippen LogP contribution in [-0.2, 0) is 11.3 Å². The third kappa shape index (κ3) is 4.14. The van der Waals surface area contributed by atoms with Crippen molar-refractivity contribution in [2.75, 3.05) is 32.7 Å². The molecule has 24 heavy (non-hydrogen) atoms. The zero-order valence-electron chi connectivity index (χ0n) is 13.5. The Morgan fingerprint density at radius 1 is 1.17 bits per heavy atom. The van der Waals surface area contributed by atoms with Gasteiger partial charge in [0.25, 0.3) is 0 Å². The fourth-order valence-electron chi connectivity index (χ4n) is 3.12. The van der Waals surface area contributed by atoms with E-state index in [4.69, 9.17) is 17.3 Å². The summed E-state index contributed by atoms with van der Waals surface area (Å²) < 4.78 is 2.08. The fourth-order valence-corrected chi connectivity index (χ4v) is 3.25. The molecular formula is C17H22ClN5O. The number of halogens is 1. The molecule has 1 fully saturated rings. The van der Waals surface area contributed by atoms with Gasteiger partial charge in [-0.15, -0.1) is 0 Å². The summed E-state index contributed by atoms with van der Waals surface area (Å²) in [7, 11) is 0. The van der Waals surface area contributed by atoms with Gasteiger partial charge in [-0.25, -0.2) is 4.98 Å². The second-order valence-corrected chi connectivity index (χ2v) is 6.47. The number of nitrogens with zero attached hydrogens (tertiary/aromatic N) is 4. The van der Waals surface area contributed by atoms with Gasteiger partial charge in [0.1, 0.15) is 6.04 Å². The molecule has 2 aromatic rings. The van der Waals surface area contributed by atoms with Crippen LogP contribution in [0.4, 0.5) is 0 Å². The van der Waals surface area contributed by atoms with Crippen molar-refractivity contribution in [1.82, 2.24) is 19.4 Å². The molecule has 0 saturated carbocycles. The van der Waals surface area contributed by atoms with Crippen molar-refractivity contribution in [2.24, 2.45) is 5.73 Å². The molecule has 1 aliphatic rings. The van der Waals surface area contributed by atoms with E-state index in [1.54, 1.807) is 18.3 Å². The Morgan fingerprint density at radius 2 is 1.88 bits per heavy atom. The summed E-state index contributed by atoms with van der Waals surface area (Å²) in [5, 5.41) is 0.659. The molecule has 1 aliphatic heterocycles. The van der Waals surface area contributed by atoms with Crippen LogP contribution in [0, 0.1) is 0 Å². The molecule has 0 bridgehead atoms. The molecule has 2 heterocycles. The molecule has 0 aliphatic carbocycles. The third-order valence-electron chi connectivity index (χ3n) is 4.46. The molecule has 7 heteroatoms. The lowest BCUT2D eigenvalue weighted by Gasteiger charge is -2.38. The van der Waals surface area contributed by atoms with E-state index in [1.165, 1.54) is 0 Å². The van der Waals surface area contributed by atoms with E-state index < -0.39 is 6.04 Å². The number of imidazole rings is 1. The van der Waals surface area contributed by atoms with Crippen LogP contribution in [0.25, 0.3) is 0 Å². The standard InChI is InChI=1S/C17H22ClN5O/c18-15-3-1-14(2-4-15)16(17(19)24)23-11-9-21(10-12-23)7-8-22-6-5-20-13-22/h1-6,13,16H,7-12H2,(H2,19,24)/t16-/m1/s1. The average molecular weight is 348 g/mol. The number of carbonyl (C=O) groups excluding carboxylic acids is 1. The van der Waals surface area contributed by atoms with Crippen molar-refractivity contribution in [3.8, 4) is 0 Å². The summed E-state index contributed by atoms with van der Waals surface area (Å²) in [5.74, 6) is -0.316. The van der Waals surface area contributed by atoms with Gasteiger partial charge in [-0.3, -0.25) is 14.6 Å². The predicted molar refractivity (Wildman–Crippen MR) is 93.6 cm³/mol. The molecule has 3 rings (SSSR count). The summed E-state index contributed by atoms with van der Waals surface area (Å²) in [5.41, 5.74) is 6.56. The summed E-state index contributed by atoms with van der Waals surface area (Å²) >= 11 is 5.94. The van der Waals surface area contributed by atoms with Crippen molar-refractivity contribution in [2.45, 2.75) is 12.6 Å². The van der Waals surface area contributed by atoms with E-state index in [9.17, 15) is 4.79 Å². The topological polar surface area (TPSA) is 67.4 Å². The van der Waals surface area contributed by atoms with Crippen LogP contribution < -0.4 is 5.73 Å². The number of nitrogens with two attached hydrogens (primary N) is 1. The third-order valence-corrected chi connectivity index (χ3v) is 4.71. The van der Waals surface area contributed by atoms with Crippen LogP contribution in [0.1, 0.15) is 11.6 Å². The Kier molecular flexibility index (Phi) is 5.50. The highest BCUT2D eigenvalue weighted by Gasteiger charge is 2.28. The number of primary amides is 1. The second kappa shape index (κ2) is 7.79. The molecule has 1 aromatic carbocycles. The van der Waals surface area contributed by atoms with Crippen LogP contribution >= 0.6 is 11.6 Å². The lowest BCUT2D eigenvalue weighted by atomic mass is 10.0. The lowest BCUT2D eigenvalue weighted by Crippen LogP contribution is -2.50. The number of rotatable bonds is 6. The Balaban J connectivity index is 1.57. The van der Waals surface area contributed by atoms with E-state index in [-0.39, 0.29) is 5.91 Å². The van der Waals surface area contributed by atoms with Crippen LogP contribution in [0.2, 0.25) is 5.02 Å². The predicted octanol–water partition coefficient (Wildman–Crippen LogP) is 1.38. The lowest BCUT2D eigenvalue weighted by molar-refractivity contribution is -0.124. The monoisotopic (exact) mass is 347 g/mol. The Bertz CT molecular complexity index is 650. The summed E-state index contributed by atoms with van der Waals surface area (Å²) in [6.45, 7) is 5.39. The van der Waals surface area contributed by atoms with Gasteiger partial charge in [-0.2, -0.15) is 0 Å². The number of carbonyl (C=O) groups is 1. The van der Waals surface area contributed by atoms with Crippen LogP contribution in [0.15, 0.2) is 43.0 Å². The largest absolute Gasteiger partial charge is 0.368 e. The molecule has 128 valence electrons. The van der Waals surface area contributed by atoms with Crippen molar-refractivity contribution < 1.29 is 4.79 Å². The minimum atomic E-state index is -0.391. The molecule has 1 saturated heterocycles. The average Bonchev–Trinajstić information content (AvgIpc) is 3.09. The first-order chi connectivity index (χ1) is 11.6. The van der Waals surface area contributed by atoms with E-state index in [2.05, 4.69) is 19.4 Å². The summed E-state index contributed by atoms with van der Waals surface area (Å²) in [6.07, 6.45) is 5.60. The van der Waals surface area contributed by atoms with Gasteiger partial charge in [0.05, 0.1) is 6.33 Å². The van der Waals surface area contributed by atoms with Gasteiger partial charge in [-0.05, 0) is 17.7 Å². The van der Waals surface area contributed by atoms with Crippen LogP contribution in [0.5, 0.6) is 0 Å². The normalized spacial score (nSPS) is 17.7. The molecule has 2 N–H and O–H groups in total. The van der Waals surface area contributed by atoms with E-state index in [1.807, 2.05) is 24.7 Å². The maximum atomic E-state index is 12.0. The quantitative estimate of drug-likeness (QED) is 0.857. The highest BCUT2D eigenvalue weighted by Crippen LogP contribution is 2.23. The molecule has 0 spiro atoms. The minimum absolute atomic E-state index is 0.316. The second-order valence-electron chi connectivity index (χ2n) is 6.03. The van der Waals surface area contributed by atoms with Gasteiger partial charge >= 0.3 is 0 Å². The number of piperazine rings is 1. The van der Waals surface area contributed by atoms with Crippen molar-refractivity contribution in [3.05, 3.63) is 53.6 Å². The molecule has 6 nitrogen and oxygen atoms in total. The number of hydrogen-bond acceptors (Lipinski definition) is 4. The van der Waals surface area contributed by atoms with Gasteiger partial charge in [-0.1, -0.05) is 23.7 Å². The minimum Gasteiger partial charge on any atom is -0.368 e. The molecule has 0 unspecified atom stereocenters. The number of benzene rings is 1. The molecule has 1 aromatic heterocycles. The van der Waals surface area contributed by atoms with Crippen molar-refractivity contribution in [3.63, 3.8) is 0 Å². The van der Waals surface area contributed by atoms with Crippen molar-refractivity contribution >= 4 is 17.5 Å². The molecular weight excluding hydrogens is 326 g/mol. The maximum absolute atomic E-state index is 12.0. The van der Waals surface area contributed by atoms with Gasteiger partial charge in [0, 0.05) is 56.7 Å². The highest BCUT2D eigenvalue weighted by molar-refractivity contribution is 6.30. The summed E-state index contributed by atoms with van der Waals surface area (Å²) in [4.78, 5) is 20.6. The zero-order valence-corrected chi connectivity index (χ0v) is 14.3. The first-order valence-corrected chi connectivity index (χ1v) is 8.48. The Labute approximate surface area is 146 Å². The molecule has 1 amide bonds. The van der Waals surface area contributed by atoms with Crippen LogP contribution in [-0.4, -0.2) is 58.0 Å². The van der Waals surface area contributed by atoms with E-state index >= 15 is 0 Å². The Morgan fingerprint density at radius 3 is 2.46 bits per heavy atom. The number of amides is 1. The number of aromatic nitrogens is 2.